The molecule has 0 amide bonds. The van der Waals surface area contributed by atoms with Crippen LogP contribution in [0.5, 0.6) is 0 Å². The fourth-order valence-electron chi connectivity index (χ4n) is 1.53. The number of halogens is 4. The van der Waals surface area contributed by atoms with Crippen molar-refractivity contribution in [2.24, 2.45) is 0 Å². The molecule has 2 nitrogen and oxygen atoms in total. The van der Waals surface area contributed by atoms with Gasteiger partial charge in [0.1, 0.15) is 5.69 Å². The van der Waals surface area contributed by atoms with Crippen molar-refractivity contribution in [1.82, 2.24) is 4.98 Å². The number of pyridine rings is 1. The second kappa shape index (κ2) is 4.79. The first-order chi connectivity index (χ1) is 8.89. The molecule has 1 aromatic heterocycles. The van der Waals surface area contributed by atoms with Crippen molar-refractivity contribution in [1.29, 1.82) is 0 Å². The molecule has 0 spiro atoms. The molecule has 0 aliphatic heterocycles. The Kier molecular flexibility index (Phi) is 3.33. The number of rotatable bonds is 2. The summed E-state index contributed by atoms with van der Waals surface area (Å²) in [6.45, 7) is 0. The monoisotopic (exact) mass is 269 g/mol. The Balaban J connectivity index is 2.43. The normalized spacial score (nSPS) is 11.4. The van der Waals surface area contributed by atoms with Crippen LogP contribution in [0.15, 0.2) is 42.6 Å². The molecule has 0 saturated heterocycles. The van der Waals surface area contributed by atoms with Crippen molar-refractivity contribution in [2.75, 3.05) is 0 Å². The summed E-state index contributed by atoms with van der Waals surface area (Å²) in [6, 6.07) is 6.11. The van der Waals surface area contributed by atoms with Gasteiger partial charge in [-0.15, -0.1) is 0 Å². The van der Waals surface area contributed by atoms with Gasteiger partial charge in [0.15, 0.2) is 5.82 Å². The summed E-state index contributed by atoms with van der Waals surface area (Å²) in [5.41, 5.74) is -1.72. The standard InChI is InChI=1S/C13H7F4NO/c14-10-5-2-6-18-11(10)12(19)8-3-1-4-9(7-8)13(15,16)17/h1-7H. The van der Waals surface area contributed by atoms with E-state index in [9.17, 15) is 22.4 Å². The number of alkyl halides is 3. The Hall–Kier alpha value is -2.24. The number of hydrogen-bond donors (Lipinski definition) is 0. The van der Waals surface area contributed by atoms with Gasteiger partial charge in [0.05, 0.1) is 5.56 Å². The quantitative estimate of drug-likeness (QED) is 0.617. The molecule has 0 aliphatic carbocycles. The van der Waals surface area contributed by atoms with E-state index in [0.717, 1.165) is 18.2 Å². The Labute approximate surface area is 105 Å². The molecule has 2 aromatic rings. The number of ketones is 1. The van der Waals surface area contributed by atoms with Gasteiger partial charge in [-0.1, -0.05) is 12.1 Å². The van der Waals surface area contributed by atoms with Crippen LogP contribution in [0.1, 0.15) is 21.6 Å². The van der Waals surface area contributed by atoms with Crippen LogP contribution in [-0.4, -0.2) is 10.8 Å². The molecule has 19 heavy (non-hydrogen) atoms. The largest absolute Gasteiger partial charge is 0.416 e. The molecule has 1 aromatic carbocycles. The first kappa shape index (κ1) is 13.2. The maximum absolute atomic E-state index is 13.4. The molecule has 6 heteroatoms. The molecular formula is C13H7F4NO. The summed E-state index contributed by atoms with van der Waals surface area (Å²) in [5, 5.41) is 0. The molecular weight excluding hydrogens is 262 g/mol. The van der Waals surface area contributed by atoms with Gasteiger partial charge >= 0.3 is 6.18 Å². The lowest BCUT2D eigenvalue weighted by atomic mass is 10.0. The molecule has 0 N–H and O–H groups in total. The van der Waals surface area contributed by atoms with Crippen molar-refractivity contribution in [3.05, 3.63) is 65.2 Å². The highest BCUT2D eigenvalue weighted by atomic mass is 19.4. The van der Waals surface area contributed by atoms with E-state index in [1.807, 2.05) is 0 Å². The fraction of sp³-hybridized carbons (Fsp3) is 0.0769. The van der Waals surface area contributed by atoms with Crippen LogP contribution in [-0.2, 0) is 6.18 Å². The lowest BCUT2D eigenvalue weighted by molar-refractivity contribution is -0.137. The Bertz CT molecular complexity index is 622. The van der Waals surface area contributed by atoms with Gasteiger partial charge in [-0.2, -0.15) is 13.2 Å². The molecule has 0 radical (unpaired) electrons. The SMILES string of the molecule is O=C(c1cccc(C(F)(F)F)c1)c1ncccc1F. The third-order valence-corrected chi connectivity index (χ3v) is 2.43. The summed E-state index contributed by atoms with van der Waals surface area (Å²) in [5.74, 6) is -1.76. The summed E-state index contributed by atoms with van der Waals surface area (Å²) in [4.78, 5) is 15.4. The highest BCUT2D eigenvalue weighted by molar-refractivity contribution is 6.07. The smallest absolute Gasteiger partial charge is 0.287 e. The minimum Gasteiger partial charge on any atom is -0.287 e. The first-order valence-electron chi connectivity index (χ1n) is 5.22. The number of hydrogen-bond acceptors (Lipinski definition) is 2. The highest BCUT2D eigenvalue weighted by Crippen LogP contribution is 2.29. The van der Waals surface area contributed by atoms with E-state index >= 15 is 0 Å². The summed E-state index contributed by atoms with van der Waals surface area (Å²) >= 11 is 0. The molecule has 0 unspecified atom stereocenters. The van der Waals surface area contributed by atoms with Gasteiger partial charge in [0.2, 0.25) is 5.78 Å². The van der Waals surface area contributed by atoms with Crippen molar-refractivity contribution in [3.63, 3.8) is 0 Å². The number of carbonyl (C=O) groups excluding carboxylic acids is 1. The van der Waals surface area contributed by atoms with Crippen LogP contribution in [0.2, 0.25) is 0 Å². The van der Waals surface area contributed by atoms with E-state index in [1.165, 1.54) is 18.3 Å². The highest BCUT2D eigenvalue weighted by Gasteiger charge is 2.31. The van der Waals surface area contributed by atoms with Gasteiger partial charge in [-0.25, -0.2) is 9.37 Å². The minimum absolute atomic E-state index is 0.257. The van der Waals surface area contributed by atoms with E-state index in [-0.39, 0.29) is 5.56 Å². The lowest BCUT2D eigenvalue weighted by Crippen LogP contribution is -2.10. The summed E-state index contributed by atoms with van der Waals surface area (Å²) in [7, 11) is 0. The van der Waals surface area contributed by atoms with Gasteiger partial charge in [0.25, 0.3) is 0 Å². The third kappa shape index (κ3) is 2.78. The average Bonchev–Trinajstić information content (AvgIpc) is 2.38. The second-order valence-electron chi connectivity index (χ2n) is 3.74. The van der Waals surface area contributed by atoms with Gasteiger partial charge < -0.3 is 0 Å². The molecule has 98 valence electrons. The molecule has 0 bridgehead atoms. The predicted octanol–water partition coefficient (Wildman–Crippen LogP) is 3.47. The maximum Gasteiger partial charge on any atom is 0.416 e. The molecule has 0 atom stereocenters. The number of aromatic nitrogens is 1. The van der Waals surface area contributed by atoms with Crippen LogP contribution >= 0.6 is 0 Å². The lowest BCUT2D eigenvalue weighted by Gasteiger charge is -2.08. The summed E-state index contributed by atoms with van der Waals surface area (Å²) in [6.07, 6.45) is -3.36. The van der Waals surface area contributed by atoms with Gasteiger partial charge in [-0.05, 0) is 24.3 Å². The predicted molar refractivity (Wildman–Crippen MR) is 59.1 cm³/mol. The zero-order chi connectivity index (χ0) is 14.0. The minimum atomic E-state index is -4.56. The molecule has 1 heterocycles. The van der Waals surface area contributed by atoms with E-state index in [0.29, 0.717) is 6.07 Å². The van der Waals surface area contributed by atoms with E-state index < -0.39 is 29.0 Å². The van der Waals surface area contributed by atoms with Gasteiger partial charge in [0, 0.05) is 11.8 Å². The number of carbonyl (C=O) groups is 1. The van der Waals surface area contributed by atoms with Crippen LogP contribution in [0, 0.1) is 5.82 Å². The molecule has 2 rings (SSSR count). The van der Waals surface area contributed by atoms with Crippen molar-refractivity contribution in [3.8, 4) is 0 Å². The van der Waals surface area contributed by atoms with Crippen molar-refractivity contribution < 1.29 is 22.4 Å². The van der Waals surface area contributed by atoms with Crippen molar-refractivity contribution in [2.45, 2.75) is 6.18 Å². The van der Waals surface area contributed by atoms with E-state index in [1.54, 1.807) is 0 Å². The van der Waals surface area contributed by atoms with E-state index in [2.05, 4.69) is 4.98 Å². The Morgan fingerprint density at radius 1 is 1.11 bits per heavy atom. The van der Waals surface area contributed by atoms with E-state index in [4.69, 9.17) is 0 Å². The molecule has 0 saturated carbocycles. The number of nitrogens with zero attached hydrogens (tertiary/aromatic N) is 1. The topological polar surface area (TPSA) is 30.0 Å². The zero-order valence-electron chi connectivity index (χ0n) is 9.41. The Morgan fingerprint density at radius 2 is 1.84 bits per heavy atom. The maximum atomic E-state index is 13.4. The Morgan fingerprint density at radius 3 is 2.47 bits per heavy atom. The first-order valence-corrected chi connectivity index (χ1v) is 5.22. The average molecular weight is 269 g/mol. The van der Waals surface area contributed by atoms with Crippen LogP contribution in [0.4, 0.5) is 17.6 Å². The van der Waals surface area contributed by atoms with Gasteiger partial charge in [-0.3, -0.25) is 4.79 Å². The van der Waals surface area contributed by atoms with Crippen molar-refractivity contribution >= 4 is 5.78 Å². The molecule has 0 aliphatic rings. The second-order valence-corrected chi connectivity index (χ2v) is 3.74. The zero-order valence-corrected chi connectivity index (χ0v) is 9.41. The van der Waals surface area contributed by atoms with Crippen LogP contribution in [0.25, 0.3) is 0 Å². The van der Waals surface area contributed by atoms with Crippen LogP contribution < -0.4 is 0 Å². The van der Waals surface area contributed by atoms with Crippen LogP contribution in [0.3, 0.4) is 0 Å². The summed E-state index contributed by atoms with van der Waals surface area (Å²) < 4.78 is 50.9. The third-order valence-electron chi connectivity index (χ3n) is 2.43. The fourth-order valence-corrected chi connectivity index (χ4v) is 1.53. The number of benzene rings is 1. The molecule has 0 fully saturated rings.